The van der Waals surface area contributed by atoms with Crippen molar-refractivity contribution in [2.45, 2.75) is 0 Å². The third kappa shape index (κ3) is 3.49. The van der Waals surface area contributed by atoms with Crippen LogP contribution in [-0.4, -0.2) is 10.2 Å². The Morgan fingerprint density at radius 2 is 1.00 bits per heavy atom. The molecule has 4 aromatic rings. The summed E-state index contributed by atoms with van der Waals surface area (Å²) in [6, 6.07) is 27.4. The van der Waals surface area contributed by atoms with Crippen molar-refractivity contribution in [3.8, 4) is 34.7 Å². The highest BCUT2D eigenvalue weighted by molar-refractivity contribution is 5.59. The minimum atomic E-state index is 0.501. The number of aromatic nitrogens is 2. The Hall–Kier alpha value is -3.64. The third-order valence-corrected chi connectivity index (χ3v) is 3.70. The molecule has 0 aliphatic carbocycles. The molecule has 3 nitrogen and oxygen atoms in total. The Labute approximate surface area is 146 Å². The van der Waals surface area contributed by atoms with Crippen LogP contribution in [0.4, 0.5) is 0 Å². The van der Waals surface area contributed by atoms with Crippen LogP contribution in [0.3, 0.4) is 0 Å². The summed E-state index contributed by atoms with van der Waals surface area (Å²) in [4.78, 5) is 0. The highest BCUT2D eigenvalue weighted by Gasteiger charge is 2.09. The summed E-state index contributed by atoms with van der Waals surface area (Å²) < 4.78 is 5.77. The van der Waals surface area contributed by atoms with Crippen LogP contribution in [0.2, 0.25) is 0 Å². The van der Waals surface area contributed by atoms with Crippen molar-refractivity contribution < 1.29 is 4.42 Å². The van der Waals surface area contributed by atoms with Gasteiger partial charge in [0, 0.05) is 22.3 Å². The molecular weight excluding hydrogens is 308 g/mol. The van der Waals surface area contributed by atoms with E-state index < -0.39 is 0 Å². The maximum absolute atomic E-state index is 5.77. The summed E-state index contributed by atoms with van der Waals surface area (Å²) in [7, 11) is 0. The molecule has 0 bridgehead atoms. The lowest BCUT2D eigenvalue weighted by Crippen LogP contribution is -1.80. The van der Waals surface area contributed by atoms with E-state index in [-0.39, 0.29) is 0 Å². The molecule has 0 amide bonds. The van der Waals surface area contributed by atoms with Gasteiger partial charge in [0.05, 0.1) is 0 Å². The zero-order chi connectivity index (χ0) is 16.9. The van der Waals surface area contributed by atoms with Crippen LogP contribution in [0.15, 0.2) is 89.3 Å². The first-order valence-electron chi connectivity index (χ1n) is 7.95. The molecule has 1 aromatic heterocycles. The lowest BCUT2D eigenvalue weighted by atomic mass is 10.1. The summed E-state index contributed by atoms with van der Waals surface area (Å²) in [6.45, 7) is 0. The second-order valence-electron chi connectivity index (χ2n) is 5.47. The molecule has 4 rings (SSSR count). The monoisotopic (exact) mass is 322 g/mol. The lowest BCUT2D eigenvalue weighted by molar-refractivity contribution is 0.584. The average molecular weight is 322 g/mol. The molecule has 0 saturated carbocycles. The Morgan fingerprint density at radius 3 is 1.60 bits per heavy atom. The van der Waals surface area contributed by atoms with Gasteiger partial charge in [0.2, 0.25) is 11.8 Å². The summed E-state index contributed by atoms with van der Waals surface area (Å²) in [6.07, 6.45) is 0. The van der Waals surface area contributed by atoms with Crippen molar-refractivity contribution in [2.75, 3.05) is 0 Å². The van der Waals surface area contributed by atoms with E-state index in [2.05, 4.69) is 22.0 Å². The summed E-state index contributed by atoms with van der Waals surface area (Å²) >= 11 is 0. The van der Waals surface area contributed by atoms with Gasteiger partial charge in [-0.15, -0.1) is 10.2 Å². The molecule has 1 heterocycles. The van der Waals surface area contributed by atoms with Gasteiger partial charge in [-0.2, -0.15) is 0 Å². The number of benzene rings is 3. The van der Waals surface area contributed by atoms with Crippen molar-refractivity contribution in [2.24, 2.45) is 0 Å². The van der Waals surface area contributed by atoms with Crippen molar-refractivity contribution in [1.29, 1.82) is 0 Å². The lowest BCUT2D eigenvalue weighted by Gasteiger charge is -1.96. The van der Waals surface area contributed by atoms with E-state index in [1.54, 1.807) is 0 Å². The van der Waals surface area contributed by atoms with Gasteiger partial charge in [0.15, 0.2) is 0 Å². The zero-order valence-electron chi connectivity index (χ0n) is 13.4. The summed E-state index contributed by atoms with van der Waals surface area (Å²) in [5, 5.41) is 8.25. The van der Waals surface area contributed by atoms with Gasteiger partial charge in [0.25, 0.3) is 0 Å². The molecule has 0 aliphatic rings. The smallest absolute Gasteiger partial charge is 0.248 e. The van der Waals surface area contributed by atoms with Crippen LogP contribution >= 0.6 is 0 Å². The van der Waals surface area contributed by atoms with Crippen molar-refractivity contribution in [3.05, 3.63) is 96.1 Å². The van der Waals surface area contributed by atoms with Crippen molar-refractivity contribution in [1.82, 2.24) is 10.2 Å². The number of rotatable bonds is 2. The molecular formula is C22H14N2O. The highest BCUT2D eigenvalue weighted by atomic mass is 16.4. The van der Waals surface area contributed by atoms with Gasteiger partial charge in [0.1, 0.15) is 0 Å². The number of hydrogen-bond donors (Lipinski definition) is 0. The number of nitrogens with zero attached hydrogens (tertiary/aromatic N) is 2. The average Bonchev–Trinajstić information content (AvgIpc) is 3.19. The third-order valence-electron chi connectivity index (χ3n) is 3.70. The van der Waals surface area contributed by atoms with Crippen LogP contribution in [0.5, 0.6) is 0 Å². The van der Waals surface area contributed by atoms with Gasteiger partial charge < -0.3 is 4.42 Å². The molecule has 0 unspecified atom stereocenters. The maximum Gasteiger partial charge on any atom is 0.248 e. The first-order valence-corrected chi connectivity index (χ1v) is 7.95. The highest BCUT2D eigenvalue weighted by Crippen LogP contribution is 2.23. The number of hydrogen-bond acceptors (Lipinski definition) is 3. The molecule has 0 saturated heterocycles. The van der Waals surface area contributed by atoms with Gasteiger partial charge >= 0.3 is 0 Å². The Bertz CT molecular complexity index is 1020. The Kier molecular flexibility index (Phi) is 4.09. The van der Waals surface area contributed by atoms with Gasteiger partial charge in [-0.05, 0) is 48.5 Å². The van der Waals surface area contributed by atoms with Crippen LogP contribution in [0.25, 0.3) is 22.9 Å². The summed E-state index contributed by atoms with van der Waals surface area (Å²) in [5.41, 5.74) is 3.72. The molecule has 3 aromatic carbocycles. The molecule has 3 heteroatoms. The standard InChI is InChI=1S/C22H14N2O/c1-3-7-17(8-4-1)11-12-18-13-15-20(16-14-18)22-24-23-21(25-22)19-9-5-2-6-10-19/h1-10,13-16H. The minimum absolute atomic E-state index is 0.501. The fourth-order valence-corrected chi connectivity index (χ4v) is 2.40. The second kappa shape index (κ2) is 6.86. The molecule has 0 spiro atoms. The molecule has 0 atom stereocenters. The van der Waals surface area contributed by atoms with E-state index in [4.69, 9.17) is 4.42 Å². The maximum atomic E-state index is 5.77. The van der Waals surface area contributed by atoms with Crippen LogP contribution in [-0.2, 0) is 0 Å². The first kappa shape index (κ1) is 14.9. The van der Waals surface area contributed by atoms with E-state index in [9.17, 15) is 0 Å². The largest absolute Gasteiger partial charge is 0.416 e. The van der Waals surface area contributed by atoms with Crippen LogP contribution in [0, 0.1) is 11.8 Å². The van der Waals surface area contributed by atoms with Crippen molar-refractivity contribution >= 4 is 0 Å². The van der Waals surface area contributed by atoms with E-state index >= 15 is 0 Å². The van der Waals surface area contributed by atoms with Crippen LogP contribution < -0.4 is 0 Å². The second-order valence-corrected chi connectivity index (χ2v) is 5.47. The molecule has 118 valence electrons. The molecule has 0 fully saturated rings. The van der Waals surface area contributed by atoms with E-state index in [1.807, 2.05) is 84.9 Å². The topological polar surface area (TPSA) is 38.9 Å². The minimum Gasteiger partial charge on any atom is -0.416 e. The van der Waals surface area contributed by atoms with Crippen LogP contribution in [0.1, 0.15) is 11.1 Å². The van der Waals surface area contributed by atoms with Gasteiger partial charge in [-0.25, -0.2) is 0 Å². The Balaban J connectivity index is 1.55. The zero-order valence-corrected chi connectivity index (χ0v) is 13.4. The van der Waals surface area contributed by atoms with E-state index in [1.165, 1.54) is 0 Å². The van der Waals surface area contributed by atoms with Gasteiger partial charge in [-0.1, -0.05) is 48.2 Å². The van der Waals surface area contributed by atoms with E-state index in [0.29, 0.717) is 11.8 Å². The normalized spacial score (nSPS) is 10.1. The SMILES string of the molecule is C(#Cc1ccc(-c2nnc(-c3ccccc3)o2)cc1)c1ccccc1. The molecule has 0 aliphatic heterocycles. The Morgan fingerprint density at radius 1 is 0.520 bits per heavy atom. The predicted octanol–water partition coefficient (Wildman–Crippen LogP) is 4.80. The first-order chi connectivity index (χ1) is 12.4. The fraction of sp³-hybridized carbons (Fsp3) is 0. The molecule has 0 radical (unpaired) electrons. The predicted molar refractivity (Wildman–Crippen MR) is 97.6 cm³/mol. The van der Waals surface area contributed by atoms with Crippen molar-refractivity contribution in [3.63, 3.8) is 0 Å². The fourth-order valence-electron chi connectivity index (χ4n) is 2.40. The quantitative estimate of drug-likeness (QED) is 0.497. The summed E-state index contributed by atoms with van der Waals surface area (Å²) in [5.74, 6) is 7.32. The van der Waals surface area contributed by atoms with Gasteiger partial charge in [-0.3, -0.25) is 0 Å². The van der Waals surface area contributed by atoms with E-state index in [0.717, 1.165) is 22.3 Å². The molecule has 25 heavy (non-hydrogen) atoms. The molecule has 0 N–H and O–H groups in total.